The van der Waals surface area contributed by atoms with Crippen LogP contribution in [0.25, 0.3) is 0 Å². The van der Waals surface area contributed by atoms with E-state index in [1.807, 2.05) is 36.4 Å². The minimum Gasteiger partial charge on any atom is -0.494 e. The molecular weight excluding hydrogens is 317 g/mol. The SMILES string of the molecule is COc1cc(NCc2ccccc2)c(C(=O)c2ccccc2)cc1F. The Morgan fingerprint density at radius 2 is 1.64 bits per heavy atom. The normalized spacial score (nSPS) is 10.3. The van der Waals surface area contributed by atoms with Crippen LogP contribution in [0.15, 0.2) is 72.8 Å². The Labute approximate surface area is 146 Å². The molecule has 0 amide bonds. The summed E-state index contributed by atoms with van der Waals surface area (Å²) in [6.07, 6.45) is 0. The molecule has 4 heteroatoms. The van der Waals surface area contributed by atoms with E-state index in [4.69, 9.17) is 4.74 Å². The second kappa shape index (κ2) is 7.62. The lowest BCUT2D eigenvalue weighted by molar-refractivity contribution is 0.103. The molecule has 0 atom stereocenters. The highest BCUT2D eigenvalue weighted by atomic mass is 19.1. The molecule has 3 aromatic carbocycles. The molecule has 0 bridgehead atoms. The molecule has 25 heavy (non-hydrogen) atoms. The Balaban J connectivity index is 1.95. The number of carbonyl (C=O) groups excluding carboxylic acids is 1. The number of halogens is 1. The predicted octanol–water partition coefficient (Wildman–Crippen LogP) is 4.68. The zero-order chi connectivity index (χ0) is 17.6. The number of rotatable bonds is 6. The van der Waals surface area contributed by atoms with E-state index in [0.717, 1.165) is 5.56 Å². The summed E-state index contributed by atoms with van der Waals surface area (Å²) >= 11 is 0. The molecule has 0 spiro atoms. The number of nitrogens with one attached hydrogen (secondary N) is 1. The van der Waals surface area contributed by atoms with Crippen molar-refractivity contribution in [3.8, 4) is 5.75 Å². The van der Waals surface area contributed by atoms with Crippen molar-refractivity contribution in [3.63, 3.8) is 0 Å². The number of benzene rings is 3. The molecule has 0 aromatic heterocycles. The van der Waals surface area contributed by atoms with Gasteiger partial charge < -0.3 is 10.1 Å². The Kier molecular flexibility index (Phi) is 5.09. The molecule has 0 fully saturated rings. The number of hydrogen-bond acceptors (Lipinski definition) is 3. The Morgan fingerprint density at radius 1 is 1.00 bits per heavy atom. The zero-order valence-corrected chi connectivity index (χ0v) is 13.8. The molecule has 1 N–H and O–H groups in total. The van der Waals surface area contributed by atoms with Crippen molar-refractivity contribution in [2.24, 2.45) is 0 Å². The van der Waals surface area contributed by atoms with Crippen molar-refractivity contribution in [2.75, 3.05) is 12.4 Å². The first kappa shape index (κ1) is 16.7. The smallest absolute Gasteiger partial charge is 0.195 e. The molecule has 0 radical (unpaired) electrons. The van der Waals surface area contributed by atoms with Gasteiger partial charge in [0.05, 0.1) is 7.11 Å². The third kappa shape index (κ3) is 3.86. The van der Waals surface area contributed by atoms with Gasteiger partial charge in [-0.15, -0.1) is 0 Å². The molecular formula is C21H18FNO2. The first-order valence-electron chi connectivity index (χ1n) is 7.94. The maximum absolute atomic E-state index is 14.2. The van der Waals surface area contributed by atoms with E-state index >= 15 is 0 Å². The maximum Gasteiger partial charge on any atom is 0.195 e. The summed E-state index contributed by atoms with van der Waals surface area (Å²) < 4.78 is 19.2. The largest absolute Gasteiger partial charge is 0.494 e. The van der Waals surface area contributed by atoms with Gasteiger partial charge in [-0.3, -0.25) is 4.79 Å². The van der Waals surface area contributed by atoms with E-state index in [2.05, 4.69) is 5.32 Å². The average Bonchev–Trinajstić information content (AvgIpc) is 2.67. The van der Waals surface area contributed by atoms with Crippen LogP contribution >= 0.6 is 0 Å². The fourth-order valence-electron chi connectivity index (χ4n) is 2.58. The third-order valence-electron chi connectivity index (χ3n) is 3.90. The van der Waals surface area contributed by atoms with Gasteiger partial charge in [0.15, 0.2) is 17.3 Å². The second-order valence-electron chi connectivity index (χ2n) is 5.57. The quantitative estimate of drug-likeness (QED) is 0.665. The van der Waals surface area contributed by atoms with Crippen LogP contribution in [0.1, 0.15) is 21.5 Å². The monoisotopic (exact) mass is 335 g/mol. The lowest BCUT2D eigenvalue weighted by atomic mass is 10.0. The number of ether oxygens (including phenoxy) is 1. The van der Waals surface area contributed by atoms with Gasteiger partial charge in [0.1, 0.15) is 0 Å². The van der Waals surface area contributed by atoms with Gasteiger partial charge >= 0.3 is 0 Å². The lowest BCUT2D eigenvalue weighted by Crippen LogP contribution is -2.09. The standard InChI is InChI=1S/C21H18FNO2/c1-25-20-13-19(23-14-15-8-4-2-5-9-15)17(12-18(20)22)21(24)16-10-6-3-7-11-16/h2-13,23H,14H2,1H3. The van der Waals surface area contributed by atoms with Crippen LogP contribution in [0.3, 0.4) is 0 Å². The fourth-order valence-corrected chi connectivity index (χ4v) is 2.58. The lowest BCUT2D eigenvalue weighted by Gasteiger charge is -2.14. The second-order valence-corrected chi connectivity index (χ2v) is 5.57. The van der Waals surface area contributed by atoms with Crippen LogP contribution < -0.4 is 10.1 Å². The minimum atomic E-state index is -0.563. The van der Waals surface area contributed by atoms with E-state index in [9.17, 15) is 9.18 Å². The van der Waals surface area contributed by atoms with Crippen LogP contribution in [-0.4, -0.2) is 12.9 Å². The number of ketones is 1. The molecule has 0 aliphatic rings. The van der Waals surface area contributed by atoms with Crippen LogP contribution in [-0.2, 0) is 6.54 Å². The molecule has 3 nitrogen and oxygen atoms in total. The summed E-state index contributed by atoms with van der Waals surface area (Å²) in [6, 6.07) is 21.4. The van der Waals surface area contributed by atoms with Crippen molar-refractivity contribution in [1.29, 1.82) is 0 Å². The van der Waals surface area contributed by atoms with E-state index in [0.29, 0.717) is 17.8 Å². The van der Waals surface area contributed by atoms with E-state index in [-0.39, 0.29) is 17.1 Å². The zero-order valence-electron chi connectivity index (χ0n) is 13.8. The molecule has 0 unspecified atom stereocenters. The molecule has 0 aliphatic carbocycles. The Morgan fingerprint density at radius 3 is 2.28 bits per heavy atom. The molecule has 126 valence electrons. The Bertz CT molecular complexity index is 864. The molecule has 0 saturated carbocycles. The highest BCUT2D eigenvalue weighted by Crippen LogP contribution is 2.28. The highest BCUT2D eigenvalue weighted by molar-refractivity contribution is 6.12. The van der Waals surface area contributed by atoms with Gasteiger partial charge in [-0.05, 0) is 11.6 Å². The highest BCUT2D eigenvalue weighted by Gasteiger charge is 2.17. The summed E-state index contributed by atoms with van der Waals surface area (Å²) in [5, 5.41) is 3.21. The van der Waals surface area contributed by atoms with Gasteiger partial charge in [-0.1, -0.05) is 60.7 Å². The minimum absolute atomic E-state index is 0.0974. The van der Waals surface area contributed by atoms with Crippen molar-refractivity contribution in [3.05, 3.63) is 95.3 Å². The Hall–Kier alpha value is -3.14. The summed E-state index contributed by atoms with van der Waals surface area (Å²) in [5.41, 5.74) is 2.38. The molecule has 0 saturated heterocycles. The maximum atomic E-state index is 14.2. The molecule has 0 heterocycles. The fraction of sp³-hybridized carbons (Fsp3) is 0.0952. The topological polar surface area (TPSA) is 38.3 Å². The molecule has 0 aliphatic heterocycles. The summed E-state index contributed by atoms with van der Waals surface area (Å²) in [7, 11) is 1.40. The van der Waals surface area contributed by atoms with E-state index in [1.54, 1.807) is 24.3 Å². The van der Waals surface area contributed by atoms with E-state index < -0.39 is 5.82 Å². The van der Waals surface area contributed by atoms with Crippen LogP contribution in [0.5, 0.6) is 5.75 Å². The van der Waals surface area contributed by atoms with Gasteiger partial charge in [0.2, 0.25) is 0 Å². The summed E-state index contributed by atoms with van der Waals surface area (Å²) in [6.45, 7) is 0.519. The van der Waals surface area contributed by atoms with E-state index in [1.165, 1.54) is 19.2 Å². The number of carbonyl (C=O) groups is 1. The molecule has 3 rings (SSSR count). The number of methoxy groups -OCH3 is 1. The van der Waals surface area contributed by atoms with Gasteiger partial charge in [-0.25, -0.2) is 4.39 Å². The number of hydrogen-bond donors (Lipinski definition) is 1. The van der Waals surface area contributed by atoms with Crippen LogP contribution in [0, 0.1) is 5.82 Å². The van der Waals surface area contributed by atoms with Crippen molar-refractivity contribution < 1.29 is 13.9 Å². The van der Waals surface area contributed by atoms with Crippen molar-refractivity contribution in [1.82, 2.24) is 0 Å². The van der Waals surface area contributed by atoms with Crippen LogP contribution in [0.4, 0.5) is 10.1 Å². The average molecular weight is 335 g/mol. The van der Waals surface area contributed by atoms with Gasteiger partial charge in [0.25, 0.3) is 0 Å². The first-order valence-corrected chi connectivity index (χ1v) is 7.94. The third-order valence-corrected chi connectivity index (χ3v) is 3.90. The summed E-state index contributed by atoms with van der Waals surface area (Å²) in [4.78, 5) is 12.8. The van der Waals surface area contributed by atoms with Crippen molar-refractivity contribution in [2.45, 2.75) is 6.54 Å². The molecule has 3 aromatic rings. The first-order chi connectivity index (χ1) is 12.2. The number of anilines is 1. The van der Waals surface area contributed by atoms with Crippen LogP contribution in [0.2, 0.25) is 0 Å². The van der Waals surface area contributed by atoms with Gasteiger partial charge in [-0.2, -0.15) is 0 Å². The van der Waals surface area contributed by atoms with Crippen molar-refractivity contribution >= 4 is 11.5 Å². The van der Waals surface area contributed by atoms with Gasteiger partial charge in [0, 0.05) is 29.4 Å². The predicted molar refractivity (Wildman–Crippen MR) is 96.6 cm³/mol. The summed E-state index contributed by atoms with van der Waals surface area (Å²) in [5.74, 6) is -0.704.